The van der Waals surface area contributed by atoms with Gasteiger partial charge >= 0.3 is 0 Å². The minimum Gasteiger partial charge on any atom is -0.381 e. The number of hydrogen-bond acceptors (Lipinski definition) is 3. The third kappa shape index (κ3) is 3.07. The van der Waals surface area contributed by atoms with Gasteiger partial charge in [-0.2, -0.15) is 11.3 Å². The second kappa shape index (κ2) is 5.12. The fourth-order valence-electron chi connectivity index (χ4n) is 1.65. The van der Waals surface area contributed by atoms with E-state index in [0.717, 1.165) is 17.8 Å². The van der Waals surface area contributed by atoms with Gasteiger partial charge in [-0.3, -0.25) is 4.98 Å². The Hall–Kier alpha value is -1.35. The van der Waals surface area contributed by atoms with Crippen LogP contribution in [0.3, 0.4) is 0 Å². The van der Waals surface area contributed by atoms with Crippen molar-refractivity contribution in [2.24, 2.45) is 0 Å². The van der Waals surface area contributed by atoms with E-state index in [9.17, 15) is 0 Å². The zero-order chi connectivity index (χ0) is 11.4. The molecule has 1 atom stereocenters. The first kappa shape index (κ1) is 11.1. The van der Waals surface area contributed by atoms with E-state index in [4.69, 9.17) is 0 Å². The summed E-state index contributed by atoms with van der Waals surface area (Å²) in [5, 5.41) is 7.77. The van der Waals surface area contributed by atoms with E-state index < -0.39 is 0 Å². The van der Waals surface area contributed by atoms with Crippen molar-refractivity contribution in [1.29, 1.82) is 0 Å². The maximum absolute atomic E-state index is 4.27. The molecule has 0 saturated carbocycles. The zero-order valence-electron chi connectivity index (χ0n) is 9.60. The Kier molecular flexibility index (Phi) is 3.57. The minimum absolute atomic E-state index is 0.430. The van der Waals surface area contributed by atoms with Gasteiger partial charge in [0.05, 0.1) is 11.9 Å². The molecular weight excluding hydrogens is 216 g/mol. The predicted octanol–water partition coefficient (Wildman–Crippen LogP) is 3.49. The molecule has 2 rings (SSSR count). The number of hydrogen-bond donors (Lipinski definition) is 1. The molecule has 0 aliphatic rings. The molecule has 0 aromatic carbocycles. The summed E-state index contributed by atoms with van der Waals surface area (Å²) in [5.41, 5.74) is 3.54. The summed E-state index contributed by atoms with van der Waals surface area (Å²) in [6.45, 7) is 4.19. The average molecular weight is 232 g/mol. The number of anilines is 1. The van der Waals surface area contributed by atoms with E-state index in [2.05, 4.69) is 40.1 Å². The molecule has 1 unspecified atom stereocenters. The number of nitrogens with one attached hydrogen (secondary N) is 1. The van der Waals surface area contributed by atoms with Gasteiger partial charge in [-0.15, -0.1) is 0 Å². The van der Waals surface area contributed by atoms with Gasteiger partial charge in [0.2, 0.25) is 0 Å². The van der Waals surface area contributed by atoms with Crippen LogP contribution >= 0.6 is 11.3 Å². The fraction of sp³-hybridized carbons (Fsp3) is 0.308. The lowest BCUT2D eigenvalue weighted by Gasteiger charge is -2.14. The third-order valence-electron chi connectivity index (χ3n) is 2.45. The van der Waals surface area contributed by atoms with Gasteiger partial charge < -0.3 is 5.32 Å². The molecule has 2 aromatic rings. The molecule has 0 radical (unpaired) electrons. The quantitative estimate of drug-likeness (QED) is 0.872. The van der Waals surface area contributed by atoms with E-state index in [1.165, 1.54) is 5.56 Å². The Bertz CT molecular complexity index is 420. The van der Waals surface area contributed by atoms with Crippen molar-refractivity contribution >= 4 is 17.0 Å². The highest BCUT2D eigenvalue weighted by molar-refractivity contribution is 7.07. The lowest BCUT2D eigenvalue weighted by Crippen LogP contribution is -2.17. The molecule has 0 aliphatic carbocycles. The molecule has 2 nitrogen and oxygen atoms in total. The maximum Gasteiger partial charge on any atom is 0.0529 e. The van der Waals surface area contributed by atoms with E-state index in [-0.39, 0.29) is 0 Å². The maximum atomic E-state index is 4.27. The summed E-state index contributed by atoms with van der Waals surface area (Å²) < 4.78 is 0. The van der Waals surface area contributed by atoms with Crippen LogP contribution in [-0.2, 0) is 6.42 Å². The van der Waals surface area contributed by atoms with Crippen LogP contribution < -0.4 is 5.32 Å². The third-order valence-corrected chi connectivity index (χ3v) is 3.18. The Morgan fingerprint density at radius 2 is 2.25 bits per heavy atom. The van der Waals surface area contributed by atoms with Crippen LogP contribution in [-0.4, -0.2) is 11.0 Å². The van der Waals surface area contributed by atoms with Crippen LogP contribution in [0.1, 0.15) is 18.2 Å². The van der Waals surface area contributed by atoms with E-state index in [0.29, 0.717) is 6.04 Å². The highest BCUT2D eigenvalue weighted by Crippen LogP contribution is 2.12. The number of aromatic nitrogens is 1. The Morgan fingerprint density at radius 3 is 2.88 bits per heavy atom. The van der Waals surface area contributed by atoms with E-state index in [1.807, 2.05) is 19.2 Å². The summed E-state index contributed by atoms with van der Waals surface area (Å²) in [6.07, 6.45) is 2.94. The molecule has 3 heteroatoms. The summed E-state index contributed by atoms with van der Waals surface area (Å²) in [7, 11) is 0. The standard InChI is InChI=1S/C13H16N2S/c1-10-3-4-13(8-14-10)15-11(2)7-12-5-6-16-9-12/h3-6,8-9,11,15H,7H2,1-2H3. The van der Waals surface area contributed by atoms with Crippen LogP contribution in [0.15, 0.2) is 35.2 Å². The number of pyridine rings is 1. The normalized spacial score (nSPS) is 12.4. The molecule has 2 heterocycles. The Morgan fingerprint density at radius 1 is 1.38 bits per heavy atom. The van der Waals surface area contributed by atoms with Gasteiger partial charge in [0, 0.05) is 11.7 Å². The second-order valence-electron chi connectivity index (χ2n) is 4.07. The SMILES string of the molecule is Cc1ccc(NC(C)Cc2ccsc2)cn1. The molecular formula is C13H16N2S. The van der Waals surface area contributed by atoms with Crippen LogP contribution in [0.4, 0.5) is 5.69 Å². The topological polar surface area (TPSA) is 24.9 Å². The number of nitrogens with zero attached hydrogens (tertiary/aromatic N) is 1. The van der Waals surface area contributed by atoms with Crippen molar-refractivity contribution in [3.63, 3.8) is 0 Å². The molecule has 0 bridgehead atoms. The van der Waals surface area contributed by atoms with E-state index >= 15 is 0 Å². The first-order chi connectivity index (χ1) is 7.74. The molecule has 16 heavy (non-hydrogen) atoms. The van der Waals surface area contributed by atoms with Gasteiger partial charge in [-0.05, 0) is 54.8 Å². The molecule has 0 saturated heterocycles. The first-order valence-electron chi connectivity index (χ1n) is 5.44. The second-order valence-corrected chi connectivity index (χ2v) is 4.85. The van der Waals surface area contributed by atoms with E-state index in [1.54, 1.807) is 11.3 Å². The predicted molar refractivity (Wildman–Crippen MR) is 70.1 cm³/mol. The molecule has 0 spiro atoms. The fourth-order valence-corrected chi connectivity index (χ4v) is 2.33. The van der Waals surface area contributed by atoms with Crippen molar-refractivity contribution < 1.29 is 0 Å². The Balaban J connectivity index is 1.92. The summed E-state index contributed by atoms with van der Waals surface area (Å²) in [5.74, 6) is 0. The van der Waals surface area contributed by atoms with Crippen molar-refractivity contribution in [2.45, 2.75) is 26.3 Å². The van der Waals surface area contributed by atoms with Crippen molar-refractivity contribution in [3.8, 4) is 0 Å². The Labute approximate surface area is 100 Å². The van der Waals surface area contributed by atoms with Crippen LogP contribution in [0, 0.1) is 6.92 Å². The largest absolute Gasteiger partial charge is 0.381 e. The van der Waals surface area contributed by atoms with Crippen molar-refractivity contribution in [1.82, 2.24) is 4.98 Å². The molecule has 0 fully saturated rings. The summed E-state index contributed by atoms with van der Waals surface area (Å²) in [6, 6.07) is 6.71. The summed E-state index contributed by atoms with van der Waals surface area (Å²) >= 11 is 1.75. The van der Waals surface area contributed by atoms with Crippen LogP contribution in [0.25, 0.3) is 0 Å². The van der Waals surface area contributed by atoms with Crippen molar-refractivity contribution in [2.75, 3.05) is 5.32 Å². The highest BCUT2D eigenvalue weighted by atomic mass is 32.1. The number of aryl methyl sites for hydroxylation is 1. The lowest BCUT2D eigenvalue weighted by atomic mass is 10.1. The number of thiophene rings is 1. The smallest absolute Gasteiger partial charge is 0.0529 e. The zero-order valence-corrected chi connectivity index (χ0v) is 10.4. The molecule has 2 aromatic heterocycles. The van der Waals surface area contributed by atoms with Gasteiger partial charge in [0.25, 0.3) is 0 Å². The van der Waals surface area contributed by atoms with Gasteiger partial charge in [-0.1, -0.05) is 0 Å². The first-order valence-corrected chi connectivity index (χ1v) is 6.38. The molecule has 0 amide bonds. The average Bonchev–Trinajstić information content (AvgIpc) is 2.74. The molecule has 84 valence electrons. The minimum atomic E-state index is 0.430. The van der Waals surface area contributed by atoms with Crippen LogP contribution in [0.2, 0.25) is 0 Å². The molecule has 0 aliphatic heterocycles. The van der Waals surface area contributed by atoms with Gasteiger partial charge in [0.1, 0.15) is 0 Å². The summed E-state index contributed by atoms with van der Waals surface area (Å²) in [4.78, 5) is 4.27. The van der Waals surface area contributed by atoms with Crippen molar-refractivity contribution in [3.05, 3.63) is 46.4 Å². The highest BCUT2D eigenvalue weighted by Gasteiger charge is 2.03. The molecule has 1 N–H and O–H groups in total. The van der Waals surface area contributed by atoms with Gasteiger partial charge in [0.15, 0.2) is 0 Å². The number of rotatable bonds is 4. The lowest BCUT2D eigenvalue weighted by molar-refractivity contribution is 0.791. The van der Waals surface area contributed by atoms with Crippen LogP contribution in [0.5, 0.6) is 0 Å². The monoisotopic (exact) mass is 232 g/mol. The van der Waals surface area contributed by atoms with Gasteiger partial charge in [-0.25, -0.2) is 0 Å².